The zero-order valence-corrected chi connectivity index (χ0v) is 14.7. The Kier molecular flexibility index (Phi) is 8.48. The zero-order chi connectivity index (χ0) is 17.2. The van der Waals surface area contributed by atoms with E-state index >= 15 is 0 Å². The number of amides is 2. The molecule has 2 N–H and O–H groups in total. The van der Waals surface area contributed by atoms with E-state index in [4.69, 9.17) is 16.3 Å². The lowest BCUT2D eigenvalue weighted by Crippen LogP contribution is -2.50. The van der Waals surface area contributed by atoms with Crippen LogP contribution in [0.4, 0.5) is 0 Å². The van der Waals surface area contributed by atoms with Gasteiger partial charge in [0.15, 0.2) is 6.10 Å². The lowest BCUT2D eigenvalue weighted by molar-refractivity contribution is -0.132. The minimum Gasteiger partial charge on any atom is -0.481 e. The molecule has 1 unspecified atom stereocenters. The third kappa shape index (κ3) is 6.91. The molecular weight excluding hydrogens is 316 g/mol. The standard InChI is InChI=1S/C17H25ClN2O3/c1-4-6-10-19-17(22)15(5-2)20-16(21)12(3)23-14-9-7-8-13(18)11-14/h7-9,11-12,15H,4-6,10H2,1-3H3,(H,19,22)(H,20,21)/t12?,15-/m0/s1. The molecule has 1 aromatic rings. The van der Waals surface area contributed by atoms with Crippen LogP contribution in [0.25, 0.3) is 0 Å². The fourth-order valence-corrected chi connectivity index (χ4v) is 2.13. The number of benzene rings is 1. The third-order valence-electron chi connectivity index (χ3n) is 3.35. The first kappa shape index (κ1) is 19.3. The molecule has 2 amide bonds. The molecule has 0 bridgehead atoms. The van der Waals surface area contributed by atoms with Crippen LogP contribution in [0.2, 0.25) is 5.02 Å². The molecule has 0 saturated carbocycles. The van der Waals surface area contributed by atoms with Gasteiger partial charge in [0.1, 0.15) is 11.8 Å². The van der Waals surface area contributed by atoms with E-state index in [-0.39, 0.29) is 11.8 Å². The molecule has 0 aliphatic heterocycles. The van der Waals surface area contributed by atoms with E-state index in [1.54, 1.807) is 31.2 Å². The lowest BCUT2D eigenvalue weighted by atomic mass is 10.2. The second-order valence-corrected chi connectivity index (χ2v) is 5.77. The molecule has 2 atom stereocenters. The Bertz CT molecular complexity index is 522. The van der Waals surface area contributed by atoms with Gasteiger partial charge in [0.2, 0.25) is 5.91 Å². The molecule has 1 aromatic carbocycles. The van der Waals surface area contributed by atoms with E-state index in [1.165, 1.54) is 0 Å². The number of carbonyl (C=O) groups is 2. The molecule has 1 rings (SSSR count). The summed E-state index contributed by atoms with van der Waals surface area (Å²) in [6.07, 6.45) is 1.73. The molecule has 0 aromatic heterocycles. The van der Waals surface area contributed by atoms with Crippen molar-refractivity contribution in [2.24, 2.45) is 0 Å². The molecule has 0 radical (unpaired) electrons. The smallest absolute Gasteiger partial charge is 0.261 e. The van der Waals surface area contributed by atoms with E-state index in [0.717, 1.165) is 12.8 Å². The van der Waals surface area contributed by atoms with Gasteiger partial charge >= 0.3 is 0 Å². The van der Waals surface area contributed by atoms with Gasteiger partial charge in [-0.3, -0.25) is 9.59 Å². The fourth-order valence-electron chi connectivity index (χ4n) is 1.95. The number of unbranched alkanes of at least 4 members (excludes halogenated alkanes) is 1. The number of ether oxygens (including phenoxy) is 1. The van der Waals surface area contributed by atoms with Gasteiger partial charge in [0.05, 0.1) is 0 Å². The van der Waals surface area contributed by atoms with Gasteiger partial charge < -0.3 is 15.4 Å². The summed E-state index contributed by atoms with van der Waals surface area (Å²) in [6, 6.07) is 6.29. The molecule has 0 saturated heterocycles. The Morgan fingerprint density at radius 3 is 2.61 bits per heavy atom. The highest BCUT2D eigenvalue weighted by Crippen LogP contribution is 2.18. The first-order valence-electron chi connectivity index (χ1n) is 7.98. The molecule has 0 aliphatic rings. The number of hydrogen-bond donors (Lipinski definition) is 2. The van der Waals surface area contributed by atoms with Crippen molar-refractivity contribution in [3.8, 4) is 5.75 Å². The molecule has 23 heavy (non-hydrogen) atoms. The maximum absolute atomic E-state index is 12.2. The number of hydrogen-bond acceptors (Lipinski definition) is 3. The molecule has 6 heteroatoms. The highest BCUT2D eigenvalue weighted by Gasteiger charge is 2.22. The number of carbonyl (C=O) groups excluding carboxylic acids is 2. The summed E-state index contributed by atoms with van der Waals surface area (Å²) in [4.78, 5) is 24.2. The van der Waals surface area contributed by atoms with E-state index in [1.807, 2.05) is 6.92 Å². The van der Waals surface area contributed by atoms with Gasteiger partial charge in [-0.2, -0.15) is 0 Å². The monoisotopic (exact) mass is 340 g/mol. The van der Waals surface area contributed by atoms with Crippen LogP contribution in [-0.4, -0.2) is 30.5 Å². The summed E-state index contributed by atoms with van der Waals surface area (Å²) in [5.41, 5.74) is 0. The second kappa shape index (κ2) is 10.1. The van der Waals surface area contributed by atoms with Crippen LogP contribution in [-0.2, 0) is 9.59 Å². The Hall–Kier alpha value is -1.75. The first-order valence-corrected chi connectivity index (χ1v) is 8.36. The molecule has 5 nitrogen and oxygen atoms in total. The van der Waals surface area contributed by atoms with E-state index in [2.05, 4.69) is 17.6 Å². The SMILES string of the molecule is CCCCNC(=O)[C@H](CC)NC(=O)C(C)Oc1cccc(Cl)c1. The van der Waals surface area contributed by atoms with Crippen LogP contribution in [0.1, 0.15) is 40.0 Å². The minimum absolute atomic E-state index is 0.163. The van der Waals surface area contributed by atoms with Gasteiger partial charge in [-0.05, 0) is 38.0 Å². The second-order valence-electron chi connectivity index (χ2n) is 5.33. The minimum atomic E-state index is -0.717. The van der Waals surface area contributed by atoms with Crippen molar-refractivity contribution in [3.63, 3.8) is 0 Å². The molecule has 0 aliphatic carbocycles. The number of rotatable bonds is 9. The van der Waals surface area contributed by atoms with Crippen molar-refractivity contribution in [1.82, 2.24) is 10.6 Å². The molecule has 0 heterocycles. The summed E-state index contributed by atoms with van der Waals surface area (Å²) in [7, 11) is 0. The Morgan fingerprint density at radius 1 is 1.26 bits per heavy atom. The van der Waals surface area contributed by atoms with Crippen molar-refractivity contribution in [2.45, 2.75) is 52.2 Å². The van der Waals surface area contributed by atoms with Gasteiger partial charge in [0.25, 0.3) is 5.91 Å². The van der Waals surface area contributed by atoms with Crippen LogP contribution in [0.15, 0.2) is 24.3 Å². The fraction of sp³-hybridized carbons (Fsp3) is 0.529. The largest absolute Gasteiger partial charge is 0.481 e. The van der Waals surface area contributed by atoms with Crippen molar-refractivity contribution in [1.29, 1.82) is 0 Å². The molecule has 0 spiro atoms. The van der Waals surface area contributed by atoms with Crippen LogP contribution in [0.5, 0.6) is 5.75 Å². The predicted molar refractivity (Wildman–Crippen MR) is 91.7 cm³/mol. The first-order chi connectivity index (χ1) is 11.0. The Balaban J connectivity index is 2.52. The van der Waals surface area contributed by atoms with Gasteiger partial charge in [-0.1, -0.05) is 37.9 Å². The predicted octanol–water partition coefficient (Wildman–Crippen LogP) is 2.92. The summed E-state index contributed by atoms with van der Waals surface area (Å²) in [6.45, 7) is 6.17. The molecule has 0 fully saturated rings. The van der Waals surface area contributed by atoms with Crippen molar-refractivity contribution < 1.29 is 14.3 Å². The van der Waals surface area contributed by atoms with E-state index in [9.17, 15) is 9.59 Å². The van der Waals surface area contributed by atoms with Crippen LogP contribution < -0.4 is 15.4 Å². The average molecular weight is 341 g/mol. The van der Waals surface area contributed by atoms with Gasteiger partial charge in [0, 0.05) is 11.6 Å². The van der Waals surface area contributed by atoms with Crippen LogP contribution in [0, 0.1) is 0 Å². The molecule has 128 valence electrons. The van der Waals surface area contributed by atoms with Crippen LogP contribution in [0.3, 0.4) is 0 Å². The quantitative estimate of drug-likeness (QED) is 0.679. The highest BCUT2D eigenvalue weighted by molar-refractivity contribution is 6.30. The summed E-state index contributed by atoms with van der Waals surface area (Å²) in [5, 5.41) is 6.08. The number of nitrogens with one attached hydrogen (secondary N) is 2. The highest BCUT2D eigenvalue weighted by atomic mass is 35.5. The van der Waals surface area contributed by atoms with Gasteiger partial charge in [-0.15, -0.1) is 0 Å². The third-order valence-corrected chi connectivity index (χ3v) is 3.58. The lowest BCUT2D eigenvalue weighted by Gasteiger charge is -2.20. The Labute approximate surface area is 142 Å². The van der Waals surface area contributed by atoms with Gasteiger partial charge in [-0.25, -0.2) is 0 Å². The summed E-state index contributed by atoms with van der Waals surface area (Å²) in [5.74, 6) is 0.0207. The molecular formula is C17H25ClN2O3. The summed E-state index contributed by atoms with van der Waals surface area (Å²) >= 11 is 5.88. The number of halogens is 1. The van der Waals surface area contributed by atoms with Crippen molar-refractivity contribution in [2.75, 3.05) is 6.54 Å². The maximum atomic E-state index is 12.2. The zero-order valence-electron chi connectivity index (χ0n) is 13.9. The topological polar surface area (TPSA) is 67.4 Å². The van der Waals surface area contributed by atoms with E-state index < -0.39 is 12.1 Å². The maximum Gasteiger partial charge on any atom is 0.261 e. The average Bonchev–Trinajstić information content (AvgIpc) is 2.52. The Morgan fingerprint density at radius 2 is 2.00 bits per heavy atom. The van der Waals surface area contributed by atoms with E-state index in [0.29, 0.717) is 23.7 Å². The summed E-state index contributed by atoms with van der Waals surface area (Å²) < 4.78 is 5.55. The van der Waals surface area contributed by atoms with Crippen molar-refractivity contribution in [3.05, 3.63) is 29.3 Å². The normalized spacial score (nSPS) is 13.0. The van der Waals surface area contributed by atoms with Crippen LogP contribution >= 0.6 is 11.6 Å². The van der Waals surface area contributed by atoms with Crippen molar-refractivity contribution >= 4 is 23.4 Å².